The SMILES string of the molecule is Cn1nc(NS(C)(=O)=O)c2cccc(-c3ccc(C#CC4CCOCC4)nc3[C@@H](N)Cc3cc(F)cc(F)c3)c21. The maximum Gasteiger partial charge on any atom is 0.231 e. The molecule has 1 atom stereocenters. The van der Waals surface area contributed by atoms with Crippen LogP contribution in [0.2, 0.25) is 0 Å². The van der Waals surface area contributed by atoms with Gasteiger partial charge in [0.1, 0.15) is 17.3 Å². The fourth-order valence-corrected chi connectivity index (χ4v) is 5.46. The van der Waals surface area contributed by atoms with E-state index in [1.165, 1.54) is 12.1 Å². The van der Waals surface area contributed by atoms with Gasteiger partial charge in [-0.2, -0.15) is 5.10 Å². The average molecular weight is 566 g/mol. The molecular formula is C29H29F2N5O3S. The van der Waals surface area contributed by atoms with E-state index in [9.17, 15) is 17.2 Å². The molecule has 0 bridgehead atoms. The minimum atomic E-state index is -3.56. The number of sulfonamides is 1. The zero-order valence-corrected chi connectivity index (χ0v) is 22.9. The Kier molecular flexibility index (Phi) is 7.85. The number of anilines is 1. The van der Waals surface area contributed by atoms with E-state index in [0.717, 1.165) is 30.7 Å². The molecule has 0 aliphatic carbocycles. The van der Waals surface area contributed by atoms with Crippen LogP contribution in [-0.4, -0.2) is 42.7 Å². The van der Waals surface area contributed by atoms with Gasteiger partial charge in [-0.05, 0) is 61.1 Å². The summed E-state index contributed by atoms with van der Waals surface area (Å²) in [6.45, 7) is 1.35. The number of nitrogens with two attached hydrogens (primary N) is 1. The Hall–Kier alpha value is -3.85. The highest BCUT2D eigenvalue weighted by atomic mass is 32.2. The molecule has 0 unspecified atom stereocenters. The highest BCUT2D eigenvalue weighted by Gasteiger charge is 2.21. The first kappa shape index (κ1) is 27.7. The fourth-order valence-electron chi connectivity index (χ4n) is 4.96. The summed E-state index contributed by atoms with van der Waals surface area (Å²) < 4.78 is 61.2. The molecule has 5 rings (SSSR count). The molecule has 1 aliphatic heterocycles. The standard InChI is InChI=1S/C29H29F2N5O3S/c1-36-28-24(4-3-5-25(28)29(34-36)35-40(2,37)38)23-9-8-22(7-6-18-10-12-39-13-11-18)33-27(23)26(32)16-19-14-20(30)17-21(31)15-19/h3-5,8-9,14-15,17-18,26H,10-13,16,32H2,1-2H3,(H,34,35)/t26-/m0/s1. The smallest absolute Gasteiger partial charge is 0.231 e. The molecule has 11 heteroatoms. The van der Waals surface area contributed by atoms with E-state index in [0.29, 0.717) is 46.6 Å². The molecular weight excluding hydrogens is 536 g/mol. The number of aryl methyl sites for hydroxylation is 1. The number of fused-ring (bicyclic) bond motifs is 1. The predicted molar refractivity (Wildman–Crippen MR) is 150 cm³/mol. The van der Waals surface area contributed by atoms with Crippen LogP contribution in [-0.2, 0) is 28.2 Å². The lowest BCUT2D eigenvalue weighted by atomic mass is 9.94. The Balaban J connectivity index is 1.61. The van der Waals surface area contributed by atoms with Crippen molar-refractivity contribution in [2.45, 2.75) is 25.3 Å². The number of halogens is 2. The summed E-state index contributed by atoms with van der Waals surface area (Å²) in [5.74, 6) is 5.49. The van der Waals surface area contributed by atoms with Crippen LogP contribution in [0.25, 0.3) is 22.0 Å². The molecule has 3 heterocycles. The topological polar surface area (TPSA) is 112 Å². The van der Waals surface area contributed by atoms with Crippen molar-refractivity contribution in [3.05, 3.63) is 77.1 Å². The lowest BCUT2D eigenvalue weighted by Crippen LogP contribution is -2.17. The molecule has 8 nitrogen and oxygen atoms in total. The van der Waals surface area contributed by atoms with Gasteiger partial charge in [0.2, 0.25) is 10.0 Å². The van der Waals surface area contributed by atoms with Crippen molar-refractivity contribution in [1.29, 1.82) is 0 Å². The van der Waals surface area contributed by atoms with Crippen molar-refractivity contribution in [3.63, 3.8) is 0 Å². The average Bonchev–Trinajstić information content (AvgIpc) is 3.21. The van der Waals surface area contributed by atoms with Crippen molar-refractivity contribution in [2.24, 2.45) is 18.7 Å². The third-order valence-corrected chi connectivity index (χ3v) is 7.28. The van der Waals surface area contributed by atoms with E-state index in [4.69, 9.17) is 15.5 Å². The maximum absolute atomic E-state index is 13.9. The van der Waals surface area contributed by atoms with Crippen molar-refractivity contribution < 1.29 is 21.9 Å². The molecule has 3 N–H and O–H groups in total. The van der Waals surface area contributed by atoms with Crippen LogP contribution < -0.4 is 10.5 Å². The Morgan fingerprint density at radius 1 is 1.12 bits per heavy atom. The molecule has 0 radical (unpaired) electrons. The number of aromatic nitrogens is 3. The van der Waals surface area contributed by atoms with Crippen molar-refractivity contribution >= 4 is 26.7 Å². The van der Waals surface area contributed by atoms with E-state index in [2.05, 4.69) is 21.7 Å². The van der Waals surface area contributed by atoms with Crippen LogP contribution in [0.1, 0.15) is 35.8 Å². The zero-order chi connectivity index (χ0) is 28.4. The highest BCUT2D eigenvalue weighted by Crippen LogP contribution is 2.36. The normalized spacial score (nSPS) is 15.0. The molecule has 4 aromatic rings. The number of rotatable bonds is 6. The fraction of sp³-hybridized carbons (Fsp3) is 0.310. The van der Waals surface area contributed by atoms with E-state index >= 15 is 0 Å². The summed E-state index contributed by atoms with van der Waals surface area (Å²) in [7, 11) is -1.84. The predicted octanol–water partition coefficient (Wildman–Crippen LogP) is 4.31. The summed E-state index contributed by atoms with van der Waals surface area (Å²) in [6, 6.07) is 11.7. The summed E-state index contributed by atoms with van der Waals surface area (Å²) in [5, 5.41) is 4.98. The summed E-state index contributed by atoms with van der Waals surface area (Å²) in [6.07, 6.45) is 2.91. The molecule has 1 aliphatic rings. The van der Waals surface area contributed by atoms with Gasteiger partial charge in [0.05, 0.1) is 23.5 Å². The van der Waals surface area contributed by atoms with Crippen LogP contribution in [0.5, 0.6) is 0 Å². The van der Waals surface area contributed by atoms with Gasteiger partial charge >= 0.3 is 0 Å². The maximum atomic E-state index is 13.9. The molecule has 40 heavy (non-hydrogen) atoms. The van der Waals surface area contributed by atoms with Crippen molar-refractivity contribution in [3.8, 4) is 23.0 Å². The van der Waals surface area contributed by atoms with E-state index in [-0.39, 0.29) is 18.2 Å². The van der Waals surface area contributed by atoms with Crippen molar-refractivity contribution in [1.82, 2.24) is 14.8 Å². The van der Waals surface area contributed by atoms with Gasteiger partial charge in [-0.25, -0.2) is 22.2 Å². The number of nitrogens with zero attached hydrogens (tertiary/aromatic N) is 3. The second kappa shape index (κ2) is 11.3. The Morgan fingerprint density at radius 2 is 1.85 bits per heavy atom. The first-order chi connectivity index (χ1) is 19.1. The number of pyridine rings is 1. The zero-order valence-electron chi connectivity index (χ0n) is 22.1. The Bertz CT molecular complexity index is 1720. The minimum absolute atomic E-state index is 0.133. The van der Waals surface area contributed by atoms with Crippen LogP contribution >= 0.6 is 0 Å². The van der Waals surface area contributed by atoms with Gasteiger partial charge < -0.3 is 10.5 Å². The first-order valence-electron chi connectivity index (χ1n) is 12.8. The van der Waals surface area contributed by atoms with E-state index in [1.54, 1.807) is 23.9 Å². The number of para-hydroxylation sites is 1. The number of benzene rings is 2. The van der Waals surface area contributed by atoms with Crippen LogP contribution in [0, 0.1) is 29.4 Å². The lowest BCUT2D eigenvalue weighted by Gasteiger charge is -2.18. The van der Waals surface area contributed by atoms with Crippen LogP contribution in [0.3, 0.4) is 0 Å². The summed E-state index contributed by atoms with van der Waals surface area (Å²) >= 11 is 0. The molecule has 0 saturated carbocycles. The summed E-state index contributed by atoms with van der Waals surface area (Å²) in [4.78, 5) is 4.82. The first-order valence-corrected chi connectivity index (χ1v) is 14.7. The number of ether oxygens (including phenoxy) is 1. The lowest BCUT2D eigenvalue weighted by molar-refractivity contribution is 0.0807. The molecule has 208 valence electrons. The number of hydrogen-bond acceptors (Lipinski definition) is 6. The summed E-state index contributed by atoms with van der Waals surface area (Å²) in [5.41, 5.74) is 10.2. The minimum Gasteiger partial charge on any atom is -0.381 e. The molecule has 1 fully saturated rings. The van der Waals surface area contributed by atoms with Crippen LogP contribution in [0.15, 0.2) is 48.5 Å². The molecule has 2 aromatic carbocycles. The quantitative estimate of drug-likeness (QED) is 0.337. The van der Waals surface area contributed by atoms with Gasteiger partial charge in [-0.1, -0.05) is 18.1 Å². The number of hydrogen-bond donors (Lipinski definition) is 2. The van der Waals surface area contributed by atoms with Crippen molar-refractivity contribution in [2.75, 3.05) is 24.2 Å². The third-order valence-electron chi connectivity index (χ3n) is 6.72. The highest BCUT2D eigenvalue weighted by molar-refractivity contribution is 7.92. The molecule has 1 saturated heterocycles. The van der Waals surface area contributed by atoms with E-state index < -0.39 is 27.7 Å². The third kappa shape index (κ3) is 6.31. The molecule has 0 spiro atoms. The van der Waals surface area contributed by atoms with Gasteiger partial charge in [0.25, 0.3) is 0 Å². The monoisotopic (exact) mass is 565 g/mol. The van der Waals surface area contributed by atoms with Gasteiger partial charge in [-0.3, -0.25) is 9.40 Å². The van der Waals surface area contributed by atoms with Gasteiger partial charge in [-0.15, -0.1) is 0 Å². The van der Waals surface area contributed by atoms with Gasteiger partial charge in [0.15, 0.2) is 5.82 Å². The van der Waals surface area contributed by atoms with Gasteiger partial charge in [0, 0.05) is 48.8 Å². The molecule has 0 amide bonds. The second-order valence-corrected chi connectivity index (χ2v) is 11.7. The number of nitrogens with one attached hydrogen (secondary N) is 1. The largest absolute Gasteiger partial charge is 0.381 e. The molecule has 2 aromatic heterocycles. The Labute approximate surface area is 231 Å². The van der Waals surface area contributed by atoms with E-state index in [1.807, 2.05) is 18.2 Å². The second-order valence-electron chi connectivity index (χ2n) is 9.92. The van der Waals surface area contributed by atoms with Crippen LogP contribution in [0.4, 0.5) is 14.6 Å². The Morgan fingerprint density at radius 3 is 2.55 bits per heavy atom.